The molecule has 0 atom stereocenters. The van der Waals surface area contributed by atoms with Crippen LogP contribution in [0.2, 0.25) is 0 Å². The average molecular weight is 294 g/mol. The Morgan fingerprint density at radius 2 is 1.05 bits per heavy atom. The summed E-state index contributed by atoms with van der Waals surface area (Å²) in [5.41, 5.74) is 0. The van der Waals surface area contributed by atoms with Crippen molar-refractivity contribution in [3.05, 3.63) is 0 Å². The number of alkyl halides is 2. The molecule has 0 bridgehead atoms. The highest BCUT2D eigenvalue weighted by molar-refractivity contribution is 7.94. The van der Waals surface area contributed by atoms with Crippen molar-refractivity contribution in [2.45, 2.75) is 87.1 Å². The Balaban J connectivity index is 2.22. The lowest BCUT2D eigenvalue weighted by molar-refractivity contribution is 0.208. The molecule has 112 valence electrons. The van der Waals surface area contributed by atoms with Crippen molar-refractivity contribution >= 4 is 9.84 Å². The van der Waals surface area contributed by atoms with Crippen LogP contribution in [0.25, 0.3) is 0 Å². The minimum absolute atomic E-state index is 0.331. The third-order valence-electron chi connectivity index (χ3n) is 5.24. The van der Waals surface area contributed by atoms with Crippen molar-refractivity contribution in [3.63, 3.8) is 0 Å². The van der Waals surface area contributed by atoms with Crippen LogP contribution in [0.1, 0.15) is 65.2 Å². The lowest BCUT2D eigenvalue weighted by Crippen LogP contribution is -2.52. The van der Waals surface area contributed by atoms with Gasteiger partial charge in [-0.3, -0.25) is 0 Å². The highest BCUT2D eigenvalue weighted by Crippen LogP contribution is 2.46. The first-order valence-electron chi connectivity index (χ1n) is 7.23. The first-order chi connectivity index (χ1) is 8.70. The van der Waals surface area contributed by atoms with Gasteiger partial charge in [0, 0.05) is 0 Å². The van der Waals surface area contributed by atoms with Gasteiger partial charge in [0.15, 0.2) is 9.84 Å². The van der Waals surface area contributed by atoms with Crippen LogP contribution < -0.4 is 0 Å². The molecule has 0 spiro atoms. The van der Waals surface area contributed by atoms with Crippen molar-refractivity contribution in [2.75, 3.05) is 0 Å². The quantitative estimate of drug-likeness (QED) is 0.777. The molecular weight excluding hydrogens is 270 g/mol. The molecule has 0 aromatic rings. The lowest BCUT2D eigenvalue weighted by Gasteiger charge is -2.44. The third-order valence-corrected chi connectivity index (χ3v) is 8.65. The van der Waals surface area contributed by atoms with Crippen LogP contribution in [0.5, 0.6) is 0 Å². The molecule has 0 aliphatic heterocycles. The number of halogens is 2. The largest absolute Gasteiger partial charge is 0.247 e. The molecule has 0 radical (unpaired) electrons. The molecule has 0 aromatic carbocycles. The van der Waals surface area contributed by atoms with E-state index in [4.69, 9.17) is 0 Å². The normalized spacial score (nSPS) is 45.1. The van der Waals surface area contributed by atoms with Gasteiger partial charge in [0.05, 0.1) is 9.49 Å². The number of hydrogen-bond acceptors (Lipinski definition) is 2. The van der Waals surface area contributed by atoms with E-state index in [1.165, 1.54) is 0 Å². The molecule has 2 aliphatic rings. The van der Waals surface area contributed by atoms with Gasteiger partial charge < -0.3 is 0 Å². The van der Waals surface area contributed by atoms with Crippen LogP contribution in [0.15, 0.2) is 0 Å². The van der Waals surface area contributed by atoms with Crippen molar-refractivity contribution in [1.29, 1.82) is 0 Å². The highest BCUT2D eigenvalue weighted by atomic mass is 32.2. The van der Waals surface area contributed by atoms with E-state index in [2.05, 4.69) is 0 Å². The monoisotopic (exact) mass is 294 g/mol. The summed E-state index contributed by atoms with van der Waals surface area (Å²) in [6, 6.07) is 0. The molecule has 19 heavy (non-hydrogen) atoms. The van der Waals surface area contributed by atoms with Crippen molar-refractivity contribution < 1.29 is 17.2 Å². The summed E-state index contributed by atoms with van der Waals surface area (Å²) in [4.78, 5) is 0. The number of hydrogen-bond donors (Lipinski definition) is 0. The van der Waals surface area contributed by atoms with Gasteiger partial charge in [-0.05, 0) is 65.2 Å². The molecule has 2 rings (SSSR count). The maximum atomic E-state index is 13.3. The van der Waals surface area contributed by atoms with E-state index in [0.717, 1.165) is 0 Å². The van der Waals surface area contributed by atoms with Crippen LogP contribution in [0, 0.1) is 0 Å². The van der Waals surface area contributed by atoms with Crippen LogP contribution in [0.4, 0.5) is 8.78 Å². The fraction of sp³-hybridized carbons (Fsp3) is 1.00. The predicted molar refractivity (Wildman–Crippen MR) is 72.5 cm³/mol. The summed E-state index contributed by atoms with van der Waals surface area (Å²) >= 11 is 0. The Morgan fingerprint density at radius 3 is 1.32 bits per heavy atom. The lowest BCUT2D eigenvalue weighted by atomic mass is 9.88. The summed E-state index contributed by atoms with van der Waals surface area (Å²) < 4.78 is 50.8. The van der Waals surface area contributed by atoms with Crippen LogP contribution >= 0.6 is 0 Å². The summed E-state index contributed by atoms with van der Waals surface area (Å²) in [5.74, 6) is 0. The highest BCUT2D eigenvalue weighted by Gasteiger charge is 2.53. The first-order valence-corrected chi connectivity index (χ1v) is 8.71. The zero-order valence-electron chi connectivity index (χ0n) is 11.8. The van der Waals surface area contributed by atoms with Gasteiger partial charge in [0.2, 0.25) is 0 Å². The van der Waals surface area contributed by atoms with E-state index >= 15 is 0 Å². The third kappa shape index (κ3) is 2.55. The Hall–Kier alpha value is -0.190. The molecule has 2 fully saturated rings. The minimum Gasteiger partial charge on any atom is -0.247 e. The second kappa shape index (κ2) is 4.97. The van der Waals surface area contributed by atoms with Gasteiger partial charge in [-0.2, -0.15) is 0 Å². The van der Waals surface area contributed by atoms with E-state index in [0.29, 0.717) is 51.4 Å². The van der Waals surface area contributed by atoms with Gasteiger partial charge >= 0.3 is 0 Å². The second-order valence-corrected chi connectivity index (χ2v) is 9.73. The van der Waals surface area contributed by atoms with E-state index < -0.39 is 31.7 Å². The standard InChI is InChI=1S/C14H24F2O2S/c1-13(7-3-11(15)4-8-13)19(17,18)14(2)9-5-12(16)6-10-14/h11-12H,3-10H2,1-2H3. The zero-order chi connectivity index (χ0) is 14.3. The predicted octanol–water partition coefficient (Wildman–Crippen LogP) is 3.74. The van der Waals surface area contributed by atoms with Crippen LogP contribution in [-0.2, 0) is 9.84 Å². The fourth-order valence-corrected chi connectivity index (χ4v) is 6.25. The number of sulfone groups is 1. The smallest absolute Gasteiger partial charge is 0.161 e. The Bertz CT molecular complexity index is 383. The number of rotatable bonds is 2. The van der Waals surface area contributed by atoms with Gasteiger partial charge in [-0.1, -0.05) is 0 Å². The van der Waals surface area contributed by atoms with Gasteiger partial charge in [0.25, 0.3) is 0 Å². The fourth-order valence-electron chi connectivity index (χ4n) is 3.52. The van der Waals surface area contributed by atoms with E-state index in [-0.39, 0.29) is 0 Å². The van der Waals surface area contributed by atoms with E-state index in [1.54, 1.807) is 13.8 Å². The molecule has 0 N–H and O–H groups in total. The maximum absolute atomic E-state index is 13.3. The summed E-state index contributed by atoms with van der Waals surface area (Å²) in [6.07, 6.45) is 1.17. The minimum atomic E-state index is -3.36. The van der Waals surface area contributed by atoms with Gasteiger partial charge in [-0.15, -0.1) is 0 Å². The molecule has 5 heteroatoms. The molecule has 0 unspecified atom stereocenters. The summed E-state index contributed by atoms with van der Waals surface area (Å²) in [5, 5.41) is 0. The van der Waals surface area contributed by atoms with Crippen LogP contribution in [-0.4, -0.2) is 30.3 Å². The van der Waals surface area contributed by atoms with Crippen molar-refractivity contribution in [2.24, 2.45) is 0 Å². The molecule has 0 aromatic heterocycles. The molecule has 0 amide bonds. The summed E-state index contributed by atoms with van der Waals surface area (Å²) in [6.45, 7) is 3.50. The molecular formula is C14H24F2O2S. The van der Waals surface area contributed by atoms with Gasteiger partial charge in [-0.25, -0.2) is 17.2 Å². The van der Waals surface area contributed by atoms with E-state index in [9.17, 15) is 17.2 Å². The second-order valence-electron chi connectivity index (χ2n) is 6.75. The zero-order valence-corrected chi connectivity index (χ0v) is 12.6. The summed E-state index contributed by atoms with van der Waals surface area (Å²) in [7, 11) is -3.36. The molecule has 2 aliphatic carbocycles. The molecule has 0 saturated heterocycles. The van der Waals surface area contributed by atoms with Crippen LogP contribution in [0.3, 0.4) is 0 Å². The van der Waals surface area contributed by atoms with Crippen molar-refractivity contribution in [1.82, 2.24) is 0 Å². The molecule has 2 nitrogen and oxygen atoms in total. The molecule has 2 saturated carbocycles. The Labute approximate surface area is 114 Å². The van der Waals surface area contributed by atoms with Crippen molar-refractivity contribution in [3.8, 4) is 0 Å². The SMILES string of the molecule is CC1(S(=O)(=O)C2(C)CCC(F)CC2)CCC(F)CC1. The topological polar surface area (TPSA) is 34.1 Å². The average Bonchev–Trinajstić information content (AvgIpc) is 2.36. The molecule has 0 heterocycles. The van der Waals surface area contributed by atoms with Gasteiger partial charge in [0.1, 0.15) is 12.3 Å². The maximum Gasteiger partial charge on any atom is 0.161 e. The Morgan fingerprint density at radius 1 is 0.789 bits per heavy atom. The first kappa shape index (κ1) is 15.2. The Kier molecular flexibility index (Phi) is 3.98. The van der Waals surface area contributed by atoms with E-state index in [1.807, 2.05) is 0 Å².